The van der Waals surface area contributed by atoms with E-state index in [1.807, 2.05) is 19.2 Å². The molecule has 1 N–H and O–H groups in total. The molecule has 0 radical (unpaired) electrons. The van der Waals surface area contributed by atoms with Crippen molar-refractivity contribution >= 4 is 0 Å². The highest BCUT2D eigenvalue weighted by Crippen LogP contribution is 2.25. The SMILES string of the molecule is CCc1cccc(Oc2cnc(C(C)C)nc2CNC)c1. The largest absolute Gasteiger partial charge is 0.454 e. The first kappa shape index (κ1) is 15.4. The second kappa shape index (κ2) is 7.18. The van der Waals surface area contributed by atoms with E-state index in [9.17, 15) is 0 Å². The van der Waals surface area contributed by atoms with Crippen molar-refractivity contribution in [2.24, 2.45) is 0 Å². The van der Waals surface area contributed by atoms with E-state index >= 15 is 0 Å². The fourth-order valence-corrected chi connectivity index (χ4v) is 2.03. The molecule has 0 unspecified atom stereocenters. The average molecular weight is 285 g/mol. The zero-order valence-electron chi connectivity index (χ0n) is 13.2. The predicted molar refractivity (Wildman–Crippen MR) is 84.8 cm³/mol. The minimum Gasteiger partial charge on any atom is -0.454 e. The molecule has 1 heterocycles. The molecule has 0 aliphatic heterocycles. The molecule has 0 atom stereocenters. The summed E-state index contributed by atoms with van der Waals surface area (Å²) in [6, 6.07) is 8.12. The summed E-state index contributed by atoms with van der Waals surface area (Å²) in [5, 5.41) is 3.13. The van der Waals surface area contributed by atoms with E-state index in [0.717, 1.165) is 23.7 Å². The topological polar surface area (TPSA) is 47.0 Å². The number of nitrogens with one attached hydrogen (secondary N) is 1. The number of ether oxygens (including phenoxy) is 1. The zero-order valence-corrected chi connectivity index (χ0v) is 13.2. The summed E-state index contributed by atoms with van der Waals surface area (Å²) in [7, 11) is 1.90. The summed E-state index contributed by atoms with van der Waals surface area (Å²) < 4.78 is 5.97. The van der Waals surface area contributed by atoms with Crippen molar-refractivity contribution in [1.82, 2.24) is 15.3 Å². The van der Waals surface area contributed by atoms with Gasteiger partial charge in [0, 0.05) is 12.5 Å². The lowest BCUT2D eigenvalue weighted by Crippen LogP contribution is -2.11. The maximum atomic E-state index is 5.97. The Morgan fingerprint density at radius 2 is 2.10 bits per heavy atom. The van der Waals surface area contributed by atoms with E-state index in [1.54, 1.807) is 6.20 Å². The highest BCUT2D eigenvalue weighted by atomic mass is 16.5. The van der Waals surface area contributed by atoms with Gasteiger partial charge >= 0.3 is 0 Å². The van der Waals surface area contributed by atoms with Crippen LogP contribution in [0.3, 0.4) is 0 Å². The Morgan fingerprint density at radius 1 is 1.29 bits per heavy atom. The van der Waals surface area contributed by atoms with E-state index in [2.05, 4.69) is 48.2 Å². The lowest BCUT2D eigenvalue weighted by molar-refractivity contribution is 0.464. The van der Waals surface area contributed by atoms with Gasteiger partial charge in [-0.25, -0.2) is 9.97 Å². The molecule has 0 aliphatic carbocycles. The van der Waals surface area contributed by atoms with Crippen LogP contribution in [0.4, 0.5) is 0 Å². The third kappa shape index (κ3) is 4.02. The lowest BCUT2D eigenvalue weighted by atomic mass is 10.2. The predicted octanol–water partition coefficient (Wildman–Crippen LogP) is 3.67. The van der Waals surface area contributed by atoms with Gasteiger partial charge in [0.1, 0.15) is 17.3 Å². The standard InChI is InChI=1S/C17H23N3O/c1-5-13-7-6-8-14(9-13)21-16-11-19-17(12(2)3)20-15(16)10-18-4/h6-9,11-12,18H,5,10H2,1-4H3. The maximum Gasteiger partial charge on any atom is 0.168 e. The number of hydrogen-bond acceptors (Lipinski definition) is 4. The first-order valence-electron chi connectivity index (χ1n) is 7.41. The molecule has 21 heavy (non-hydrogen) atoms. The third-order valence-electron chi connectivity index (χ3n) is 3.24. The normalized spacial score (nSPS) is 10.9. The summed E-state index contributed by atoms with van der Waals surface area (Å²) in [4.78, 5) is 9.00. The third-order valence-corrected chi connectivity index (χ3v) is 3.24. The van der Waals surface area contributed by atoms with Crippen LogP contribution >= 0.6 is 0 Å². The molecule has 4 nitrogen and oxygen atoms in total. The molecular weight excluding hydrogens is 262 g/mol. The number of rotatable bonds is 6. The lowest BCUT2D eigenvalue weighted by Gasteiger charge is -2.13. The molecule has 0 saturated heterocycles. The van der Waals surface area contributed by atoms with Gasteiger partial charge in [-0.05, 0) is 31.2 Å². The van der Waals surface area contributed by atoms with Crippen molar-refractivity contribution in [2.45, 2.75) is 39.7 Å². The Labute approximate surface area is 126 Å². The van der Waals surface area contributed by atoms with Crippen molar-refractivity contribution in [3.05, 3.63) is 47.5 Å². The van der Waals surface area contributed by atoms with Crippen molar-refractivity contribution in [2.75, 3.05) is 7.05 Å². The Kier molecular flexibility index (Phi) is 5.28. The molecule has 2 rings (SSSR count). The highest BCUT2D eigenvalue weighted by Gasteiger charge is 2.11. The number of aryl methyl sites for hydroxylation is 1. The number of aromatic nitrogens is 2. The average Bonchev–Trinajstić information content (AvgIpc) is 2.49. The molecule has 0 fully saturated rings. The number of hydrogen-bond donors (Lipinski definition) is 1. The van der Waals surface area contributed by atoms with Crippen LogP contribution in [0.2, 0.25) is 0 Å². The minimum absolute atomic E-state index is 0.304. The van der Waals surface area contributed by atoms with E-state index in [0.29, 0.717) is 18.2 Å². The van der Waals surface area contributed by atoms with Gasteiger partial charge in [0.15, 0.2) is 5.75 Å². The first-order valence-corrected chi connectivity index (χ1v) is 7.41. The van der Waals surface area contributed by atoms with Crippen molar-refractivity contribution in [3.8, 4) is 11.5 Å². The van der Waals surface area contributed by atoms with Crippen LogP contribution in [0.1, 0.15) is 43.8 Å². The smallest absolute Gasteiger partial charge is 0.168 e. The van der Waals surface area contributed by atoms with E-state index < -0.39 is 0 Å². The van der Waals surface area contributed by atoms with E-state index in [-0.39, 0.29) is 0 Å². The molecular formula is C17H23N3O. The Bertz CT molecular complexity index is 596. The zero-order chi connectivity index (χ0) is 15.2. The molecule has 2 aromatic rings. The van der Waals surface area contributed by atoms with Gasteiger partial charge in [-0.1, -0.05) is 32.9 Å². The molecule has 0 aliphatic rings. The second-order valence-electron chi connectivity index (χ2n) is 5.33. The Balaban J connectivity index is 2.29. The van der Waals surface area contributed by atoms with Gasteiger partial charge in [0.2, 0.25) is 0 Å². The van der Waals surface area contributed by atoms with Crippen LogP contribution in [-0.4, -0.2) is 17.0 Å². The van der Waals surface area contributed by atoms with Gasteiger partial charge in [-0.3, -0.25) is 0 Å². The van der Waals surface area contributed by atoms with Gasteiger partial charge < -0.3 is 10.1 Å². The summed E-state index contributed by atoms with van der Waals surface area (Å²) in [6.45, 7) is 6.96. The molecule has 0 bridgehead atoms. The minimum atomic E-state index is 0.304. The molecule has 0 saturated carbocycles. The van der Waals surface area contributed by atoms with E-state index in [1.165, 1.54) is 5.56 Å². The summed E-state index contributed by atoms with van der Waals surface area (Å²) >= 11 is 0. The van der Waals surface area contributed by atoms with Crippen LogP contribution in [-0.2, 0) is 13.0 Å². The maximum absolute atomic E-state index is 5.97. The fourth-order valence-electron chi connectivity index (χ4n) is 2.03. The quantitative estimate of drug-likeness (QED) is 0.879. The van der Waals surface area contributed by atoms with Gasteiger partial charge in [-0.15, -0.1) is 0 Å². The number of nitrogens with zero attached hydrogens (tertiary/aromatic N) is 2. The first-order chi connectivity index (χ1) is 10.1. The Hall–Kier alpha value is -1.94. The highest BCUT2D eigenvalue weighted by molar-refractivity contribution is 5.35. The summed E-state index contributed by atoms with van der Waals surface area (Å²) in [5.74, 6) is 2.68. The van der Waals surface area contributed by atoms with Crippen LogP contribution in [0.5, 0.6) is 11.5 Å². The van der Waals surface area contributed by atoms with Crippen LogP contribution < -0.4 is 10.1 Å². The molecule has 0 spiro atoms. The van der Waals surface area contributed by atoms with Crippen LogP contribution in [0.15, 0.2) is 30.5 Å². The van der Waals surface area contributed by atoms with Crippen molar-refractivity contribution in [3.63, 3.8) is 0 Å². The number of benzene rings is 1. The summed E-state index contributed by atoms with van der Waals surface area (Å²) in [6.07, 6.45) is 2.76. The monoisotopic (exact) mass is 285 g/mol. The molecule has 1 aromatic heterocycles. The van der Waals surface area contributed by atoms with Crippen molar-refractivity contribution < 1.29 is 4.74 Å². The van der Waals surface area contributed by atoms with Crippen LogP contribution in [0, 0.1) is 0 Å². The molecule has 1 aromatic carbocycles. The molecule has 4 heteroatoms. The molecule has 0 amide bonds. The second-order valence-corrected chi connectivity index (χ2v) is 5.33. The van der Waals surface area contributed by atoms with Crippen molar-refractivity contribution in [1.29, 1.82) is 0 Å². The van der Waals surface area contributed by atoms with Gasteiger partial charge in [0.25, 0.3) is 0 Å². The van der Waals surface area contributed by atoms with E-state index in [4.69, 9.17) is 4.74 Å². The Morgan fingerprint density at radius 3 is 2.76 bits per heavy atom. The fraction of sp³-hybridized carbons (Fsp3) is 0.412. The van der Waals surface area contributed by atoms with Gasteiger partial charge in [0.05, 0.1) is 6.20 Å². The molecule has 112 valence electrons. The van der Waals surface area contributed by atoms with Gasteiger partial charge in [-0.2, -0.15) is 0 Å². The van der Waals surface area contributed by atoms with Crippen LogP contribution in [0.25, 0.3) is 0 Å². The summed E-state index contributed by atoms with van der Waals surface area (Å²) in [5.41, 5.74) is 2.14.